The fraction of sp³-hybridized carbons (Fsp3) is 0.611. The summed E-state index contributed by atoms with van der Waals surface area (Å²) in [5.41, 5.74) is 0. The van der Waals surface area contributed by atoms with E-state index in [0.29, 0.717) is 0 Å². The van der Waals surface area contributed by atoms with Crippen LogP contribution in [0.4, 0.5) is 0 Å². The molecular formula is C18H30O4. The first-order chi connectivity index (χ1) is 10.7. The van der Waals surface area contributed by atoms with Gasteiger partial charge in [-0.1, -0.05) is 63.0 Å². The first kappa shape index (κ1) is 20.6. The molecule has 0 saturated carbocycles. The lowest BCUT2D eigenvalue weighted by molar-refractivity contribution is -0.254. The first-order valence-electron chi connectivity index (χ1n) is 8.22. The van der Waals surface area contributed by atoms with Crippen molar-refractivity contribution in [3.05, 3.63) is 36.5 Å². The van der Waals surface area contributed by atoms with Crippen LogP contribution >= 0.6 is 0 Å². The smallest absolute Gasteiger partial charge is 0.303 e. The Morgan fingerprint density at radius 1 is 1.00 bits per heavy atom. The monoisotopic (exact) mass is 310 g/mol. The summed E-state index contributed by atoms with van der Waals surface area (Å²) in [6, 6.07) is 0. The van der Waals surface area contributed by atoms with Gasteiger partial charge in [0.05, 0.1) is 0 Å². The molecular weight excluding hydrogens is 280 g/mol. The van der Waals surface area contributed by atoms with Crippen LogP contribution in [0.2, 0.25) is 0 Å². The zero-order valence-corrected chi connectivity index (χ0v) is 13.6. The lowest BCUT2D eigenvalue weighted by Crippen LogP contribution is -2.01. The second kappa shape index (κ2) is 16.0. The molecule has 0 amide bonds. The molecule has 22 heavy (non-hydrogen) atoms. The predicted octanol–water partition coefficient (Wildman–Crippen LogP) is 5.13. The number of carbonyl (C=O) groups is 1. The van der Waals surface area contributed by atoms with Crippen LogP contribution in [0.3, 0.4) is 0 Å². The van der Waals surface area contributed by atoms with E-state index in [1.54, 1.807) is 6.08 Å². The number of allylic oxidation sites excluding steroid dienone is 4. The standard InChI is InChI=1S/C18H30O4/c1-2-3-11-14-17(22-21)15-12-9-7-5-4-6-8-10-13-16-18(19)20/h7,9,11-12,14-15,17,21H,2-6,8,10,13,16H2,1H3,(H,19,20). The van der Waals surface area contributed by atoms with Crippen LogP contribution in [0.1, 0.15) is 64.7 Å². The van der Waals surface area contributed by atoms with Gasteiger partial charge in [0.25, 0.3) is 0 Å². The molecule has 0 aromatic heterocycles. The molecule has 0 heterocycles. The van der Waals surface area contributed by atoms with Crippen molar-refractivity contribution in [3.63, 3.8) is 0 Å². The molecule has 1 atom stereocenters. The Bertz CT molecular complexity index is 345. The Hall–Kier alpha value is -1.39. The first-order valence-corrected chi connectivity index (χ1v) is 8.22. The zero-order valence-electron chi connectivity index (χ0n) is 13.6. The Morgan fingerprint density at radius 2 is 1.73 bits per heavy atom. The zero-order chi connectivity index (χ0) is 16.5. The van der Waals surface area contributed by atoms with Gasteiger partial charge in [-0.2, -0.15) is 0 Å². The van der Waals surface area contributed by atoms with E-state index in [4.69, 9.17) is 10.4 Å². The molecule has 0 aliphatic carbocycles. The molecule has 0 saturated heterocycles. The molecule has 0 rings (SSSR count). The van der Waals surface area contributed by atoms with Gasteiger partial charge in [0.2, 0.25) is 0 Å². The summed E-state index contributed by atoms with van der Waals surface area (Å²) < 4.78 is 0. The number of hydrogen-bond donors (Lipinski definition) is 2. The van der Waals surface area contributed by atoms with Gasteiger partial charge in [-0.15, -0.1) is 0 Å². The van der Waals surface area contributed by atoms with Crippen molar-refractivity contribution in [3.8, 4) is 0 Å². The van der Waals surface area contributed by atoms with Gasteiger partial charge >= 0.3 is 5.97 Å². The van der Waals surface area contributed by atoms with Gasteiger partial charge in [0.1, 0.15) is 6.10 Å². The van der Waals surface area contributed by atoms with Crippen molar-refractivity contribution in [2.24, 2.45) is 0 Å². The average molecular weight is 310 g/mol. The summed E-state index contributed by atoms with van der Waals surface area (Å²) in [5, 5.41) is 17.2. The predicted molar refractivity (Wildman–Crippen MR) is 89.8 cm³/mol. The van der Waals surface area contributed by atoms with Gasteiger partial charge in [0, 0.05) is 6.42 Å². The summed E-state index contributed by atoms with van der Waals surface area (Å²) in [6.07, 6.45) is 19.7. The molecule has 2 N–H and O–H groups in total. The molecule has 0 aromatic carbocycles. The quantitative estimate of drug-likeness (QED) is 0.153. The van der Waals surface area contributed by atoms with Gasteiger partial charge < -0.3 is 5.11 Å². The summed E-state index contributed by atoms with van der Waals surface area (Å²) in [6.45, 7) is 2.10. The molecule has 126 valence electrons. The van der Waals surface area contributed by atoms with E-state index in [1.165, 1.54) is 0 Å². The van der Waals surface area contributed by atoms with Crippen LogP contribution in [0.15, 0.2) is 36.5 Å². The van der Waals surface area contributed by atoms with Crippen LogP contribution in [-0.4, -0.2) is 22.4 Å². The number of rotatable bonds is 14. The molecule has 4 heteroatoms. The summed E-state index contributed by atoms with van der Waals surface area (Å²) >= 11 is 0. The molecule has 0 bridgehead atoms. The highest BCUT2D eigenvalue weighted by atomic mass is 17.1. The van der Waals surface area contributed by atoms with Crippen molar-refractivity contribution < 1.29 is 20.0 Å². The topological polar surface area (TPSA) is 66.8 Å². The molecule has 0 aliphatic rings. The normalized spacial score (nSPS) is 13.5. The number of hydrogen-bond acceptors (Lipinski definition) is 3. The van der Waals surface area contributed by atoms with Gasteiger partial charge in [0.15, 0.2) is 0 Å². The minimum Gasteiger partial charge on any atom is -0.481 e. The van der Waals surface area contributed by atoms with Crippen molar-refractivity contribution in [2.75, 3.05) is 0 Å². The van der Waals surface area contributed by atoms with E-state index >= 15 is 0 Å². The van der Waals surface area contributed by atoms with Gasteiger partial charge in [-0.3, -0.25) is 10.1 Å². The maximum atomic E-state index is 10.3. The lowest BCUT2D eigenvalue weighted by atomic mass is 10.1. The van der Waals surface area contributed by atoms with Crippen LogP contribution in [0.5, 0.6) is 0 Å². The van der Waals surface area contributed by atoms with Crippen LogP contribution in [0.25, 0.3) is 0 Å². The fourth-order valence-electron chi connectivity index (χ4n) is 1.95. The van der Waals surface area contributed by atoms with E-state index in [-0.39, 0.29) is 12.5 Å². The summed E-state index contributed by atoms with van der Waals surface area (Å²) in [5.74, 6) is -0.704. The highest BCUT2D eigenvalue weighted by Gasteiger charge is 1.96. The van der Waals surface area contributed by atoms with E-state index in [2.05, 4.69) is 17.9 Å². The molecule has 1 unspecified atom stereocenters. The minimum atomic E-state index is -0.704. The second-order valence-corrected chi connectivity index (χ2v) is 5.30. The van der Waals surface area contributed by atoms with Crippen LogP contribution < -0.4 is 0 Å². The number of unbranched alkanes of at least 4 members (excludes halogenated alkanes) is 6. The Labute approximate surface area is 134 Å². The Balaban J connectivity index is 3.59. The second-order valence-electron chi connectivity index (χ2n) is 5.30. The maximum Gasteiger partial charge on any atom is 0.303 e. The maximum absolute atomic E-state index is 10.3. The average Bonchev–Trinajstić information content (AvgIpc) is 2.50. The third-order valence-electron chi connectivity index (χ3n) is 3.21. The number of carboxylic acids is 1. The van der Waals surface area contributed by atoms with E-state index in [1.807, 2.05) is 24.3 Å². The third-order valence-corrected chi connectivity index (χ3v) is 3.21. The largest absolute Gasteiger partial charge is 0.481 e. The van der Waals surface area contributed by atoms with E-state index < -0.39 is 5.97 Å². The molecule has 0 radical (unpaired) electrons. The summed E-state index contributed by atoms with van der Waals surface area (Å²) in [4.78, 5) is 14.7. The molecule has 0 spiro atoms. The van der Waals surface area contributed by atoms with Crippen LogP contribution in [-0.2, 0) is 9.68 Å². The fourth-order valence-corrected chi connectivity index (χ4v) is 1.95. The van der Waals surface area contributed by atoms with Crippen molar-refractivity contribution >= 4 is 5.97 Å². The van der Waals surface area contributed by atoms with Gasteiger partial charge in [-0.25, -0.2) is 4.89 Å². The number of aliphatic carboxylic acids is 1. The molecule has 0 fully saturated rings. The molecule has 4 nitrogen and oxygen atoms in total. The van der Waals surface area contributed by atoms with E-state index in [9.17, 15) is 4.79 Å². The van der Waals surface area contributed by atoms with Crippen LogP contribution in [0, 0.1) is 0 Å². The molecule has 0 aromatic rings. The highest BCUT2D eigenvalue weighted by molar-refractivity contribution is 5.66. The van der Waals surface area contributed by atoms with Gasteiger partial charge in [-0.05, 0) is 31.8 Å². The SMILES string of the molecule is CCCC=CC(C=CC=CCCCCCCCC(=O)O)OO. The lowest BCUT2D eigenvalue weighted by Gasteiger charge is -2.01. The van der Waals surface area contributed by atoms with Crippen molar-refractivity contribution in [1.29, 1.82) is 0 Å². The minimum absolute atomic E-state index is 0.283. The third kappa shape index (κ3) is 15.0. The summed E-state index contributed by atoms with van der Waals surface area (Å²) in [7, 11) is 0. The Morgan fingerprint density at radius 3 is 2.41 bits per heavy atom. The van der Waals surface area contributed by atoms with E-state index in [0.717, 1.165) is 51.4 Å². The number of carboxylic acid groups (broad SMARTS) is 1. The Kier molecular flexibility index (Phi) is 15.0. The highest BCUT2D eigenvalue weighted by Crippen LogP contribution is 2.07. The molecule has 0 aliphatic heterocycles. The van der Waals surface area contributed by atoms with Crippen molar-refractivity contribution in [1.82, 2.24) is 0 Å². The van der Waals surface area contributed by atoms with Crippen molar-refractivity contribution in [2.45, 2.75) is 70.8 Å².